The molecule has 0 fully saturated rings. The molecule has 0 spiro atoms. The van der Waals surface area contributed by atoms with Crippen LogP contribution in [0, 0.1) is 5.92 Å². The molecule has 0 bridgehead atoms. The third kappa shape index (κ3) is 8.62. The third-order valence-electron chi connectivity index (χ3n) is 6.71. The molecule has 196 valence electrons. The highest BCUT2D eigenvalue weighted by Crippen LogP contribution is 2.35. The lowest BCUT2D eigenvalue weighted by Gasteiger charge is -2.34. The van der Waals surface area contributed by atoms with Crippen molar-refractivity contribution in [1.82, 2.24) is 4.90 Å². The zero-order chi connectivity index (χ0) is 25.6. The van der Waals surface area contributed by atoms with E-state index in [2.05, 4.69) is 24.8 Å². The van der Waals surface area contributed by atoms with Crippen LogP contribution in [0.3, 0.4) is 0 Å². The second kappa shape index (κ2) is 15.5. The Labute approximate surface area is 212 Å². The molecule has 0 aliphatic carbocycles. The van der Waals surface area contributed by atoms with Gasteiger partial charge in [-0.3, -0.25) is 4.90 Å². The van der Waals surface area contributed by atoms with Crippen molar-refractivity contribution in [3.05, 3.63) is 47.5 Å². The van der Waals surface area contributed by atoms with Crippen LogP contribution in [0.15, 0.2) is 36.4 Å². The molecule has 0 aliphatic heterocycles. The Kier molecular flexibility index (Phi) is 12.8. The average molecular weight is 487 g/mol. The lowest BCUT2D eigenvalue weighted by Crippen LogP contribution is -2.37. The van der Waals surface area contributed by atoms with Crippen molar-refractivity contribution in [1.29, 1.82) is 0 Å². The van der Waals surface area contributed by atoms with E-state index < -0.39 is 0 Å². The minimum atomic E-state index is 0.193. The average Bonchev–Trinajstić information content (AvgIpc) is 2.85. The molecule has 2 atom stereocenters. The number of rotatable bonds is 17. The van der Waals surface area contributed by atoms with Gasteiger partial charge >= 0.3 is 0 Å². The fraction of sp³-hybridized carbons (Fsp3) is 0.586. The van der Waals surface area contributed by atoms with Crippen molar-refractivity contribution in [3.63, 3.8) is 0 Å². The molecule has 0 heterocycles. The van der Waals surface area contributed by atoms with Gasteiger partial charge in [0.05, 0.1) is 13.2 Å². The molecular weight excluding hydrogens is 440 g/mol. The number of phenols is 2. The standard InChI is InChI=1S/C29H46N2O4/c1-5-22(19-23-13-11-16-26(32)28(23)34-7-3)20-25(15-9-10-18-30)31(6-2)21-24-14-12-17-27(33)29(24)35-8-4/h11-14,16-17,22,25,32-33H,5-10,15,18-21,30H2,1-4H3. The number of para-hydroxylation sites is 2. The zero-order valence-corrected chi connectivity index (χ0v) is 22.1. The second-order valence-corrected chi connectivity index (χ2v) is 9.11. The van der Waals surface area contributed by atoms with Crippen LogP contribution in [0.2, 0.25) is 0 Å². The van der Waals surface area contributed by atoms with E-state index in [0.717, 1.165) is 62.7 Å². The van der Waals surface area contributed by atoms with E-state index in [1.54, 1.807) is 12.1 Å². The summed E-state index contributed by atoms with van der Waals surface area (Å²) >= 11 is 0. The van der Waals surface area contributed by atoms with Crippen LogP contribution in [0.1, 0.15) is 70.9 Å². The van der Waals surface area contributed by atoms with Crippen molar-refractivity contribution in [2.45, 2.75) is 78.8 Å². The first kappa shape index (κ1) is 28.8. The van der Waals surface area contributed by atoms with Gasteiger partial charge in [0.2, 0.25) is 0 Å². The molecule has 35 heavy (non-hydrogen) atoms. The summed E-state index contributed by atoms with van der Waals surface area (Å²) in [5.41, 5.74) is 7.89. The molecular formula is C29H46N2O4. The SMILES string of the molecule is CCOc1c(O)cccc1CC(CC)CC(CCCCN)N(CC)Cc1cccc(O)c1OCC. The summed E-state index contributed by atoms with van der Waals surface area (Å²) in [5, 5.41) is 20.7. The number of aromatic hydroxyl groups is 2. The first-order chi connectivity index (χ1) is 17.0. The molecule has 6 heteroatoms. The first-order valence-electron chi connectivity index (χ1n) is 13.3. The van der Waals surface area contributed by atoms with Gasteiger partial charge in [0.25, 0.3) is 0 Å². The van der Waals surface area contributed by atoms with Crippen molar-refractivity contribution in [2.24, 2.45) is 11.7 Å². The van der Waals surface area contributed by atoms with Crippen molar-refractivity contribution in [2.75, 3.05) is 26.3 Å². The molecule has 0 saturated carbocycles. The highest BCUT2D eigenvalue weighted by molar-refractivity contribution is 5.46. The van der Waals surface area contributed by atoms with E-state index >= 15 is 0 Å². The highest BCUT2D eigenvalue weighted by Gasteiger charge is 2.24. The van der Waals surface area contributed by atoms with Gasteiger partial charge in [-0.15, -0.1) is 0 Å². The zero-order valence-electron chi connectivity index (χ0n) is 22.1. The maximum absolute atomic E-state index is 10.4. The number of nitrogens with zero attached hydrogens (tertiary/aromatic N) is 1. The summed E-state index contributed by atoms with van der Waals surface area (Å²) in [7, 11) is 0. The topological polar surface area (TPSA) is 88.2 Å². The van der Waals surface area contributed by atoms with Gasteiger partial charge in [-0.25, -0.2) is 0 Å². The Balaban J connectivity index is 2.26. The van der Waals surface area contributed by atoms with Crippen LogP contribution < -0.4 is 15.2 Å². The molecule has 0 aliphatic rings. The number of ether oxygens (including phenoxy) is 2. The van der Waals surface area contributed by atoms with E-state index in [1.165, 1.54) is 0 Å². The normalized spacial score (nSPS) is 13.1. The molecule has 0 saturated heterocycles. The number of benzene rings is 2. The summed E-state index contributed by atoms with van der Waals surface area (Å²) in [6, 6.07) is 11.6. The third-order valence-corrected chi connectivity index (χ3v) is 6.71. The van der Waals surface area contributed by atoms with Crippen LogP contribution in [0.5, 0.6) is 23.0 Å². The number of nitrogens with two attached hydrogens (primary N) is 1. The Hall–Kier alpha value is -2.44. The lowest BCUT2D eigenvalue weighted by atomic mass is 9.87. The fourth-order valence-electron chi connectivity index (χ4n) is 4.83. The van der Waals surface area contributed by atoms with Crippen molar-refractivity contribution in [3.8, 4) is 23.0 Å². The highest BCUT2D eigenvalue weighted by atomic mass is 16.5. The smallest absolute Gasteiger partial charge is 0.165 e. The van der Waals surface area contributed by atoms with Crippen LogP contribution >= 0.6 is 0 Å². The van der Waals surface area contributed by atoms with Crippen molar-refractivity contribution < 1.29 is 19.7 Å². The van der Waals surface area contributed by atoms with E-state index in [9.17, 15) is 10.2 Å². The largest absolute Gasteiger partial charge is 0.504 e. The van der Waals surface area contributed by atoms with Gasteiger partial charge in [0.15, 0.2) is 23.0 Å². The van der Waals surface area contributed by atoms with Crippen LogP contribution in [-0.4, -0.2) is 47.5 Å². The van der Waals surface area contributed by atoms with Gasteiger partial charge in [-0.1, -0.05) is 51.0 Å². The van der Waals surface area contributed by atoms with E-state index in [4.69, 9.17) is 15.2 Å². The number of hydrogen-bond acceptors (Lipinski definition) is 6. The lowest BCUT2D eigenvalue weighted by molar-refractivity contribution is 0.151. The van der Waals surface area contributed by atoms with E-state index in [1.807, 2.05) is 32.0 Å². The molecule has 6 nitrogen and oxygen atoms in total. The Morgan fingerprint density at radius 2 is 1.46 bits per heavy atom. The molecule has 0 radical (unpaired) electrons. The predicted molar refractivity (Wildman–Crippen MR) is 143 cm³/mol. The van der Waals surface area contributed by atoms with Gasteiger partial charge in [-0.2, -0.15) is 0 Å². The van der Waals surface area contributed by atoms with E-state index in [-0.39, 0.29) is 11.5 Å². The van der Waals surface area contributed by atoms with Gasteiger partial charge in [0, 0.05) is 18.2 Å². The minimum Gasteiger partial charge on any atom is -0.504 e. The molecule has 0 amide bonds. The van der Waals surface area contributed by atoms with Gasteiger partial charge in [0.1, 0.15) is 0 Å². The van der Waals surface area contributed by atoms with Crippen LogP contribution in [-0.2, 0) is 13.0 Å². The Bertz CT molecular complexity index is 874. The quantitative estimate of drug-likeness (QED) is 0.242. The monoisotopic (exact) mass is 486 g/mol. The van der Waals surface area contributed by atoms with Crippen molar-refractivity contribution >= 4 is 0 Å². The predicted octanol–water partition coefficient (Wildman–Crippen LogP) is 5.87. The summed E-state index contributed by atoms with van der Waals surface area (Å²) in [5.74, 6) is 2.05. The van der Waals surface area contributed by atoms with E-state index in [0.29, 0.717) is 43.2 Å². The Morgan fingerprint density at radius 1 is 0.857 bits per heavy atom. The Morgan fingerprint density at radius 3 is 2.00 bits per heavy atom. The van der Waals surface area contributed by atoms with Gasteiger partial charge in [-0.05, 0) is 76.2 Å². The number of phenolic OH excluding ortho intramolecular Hbond substituents is 2. The summed E-state index contributed by atoms with van der Waals surface area (Å²) < 4.78 is 11.6. The molecule has 2 aromatic carbocycles. The molecule has 4 N–H and O–H groups in total. The second-order valence-electron chi connectivity index (χ2n) is 9.11. The minimum absolute atomic E-state index is 0.193. The molecule has 0 aromatic heterocycles. The molecule has 2 unspecified atom stereocenters. The summed E-state index contributed by atoms with van der Waals surface area (Å²) in [6.45, 7) is 11.7. The van der Waals surface area contributed by atoms with Gasteiger partial charge < -0.3 is 25.4 Å². The van der Waals surface area contributed by atoms with Crippen LogP contribution in [0.4, 0.5) is 0 Å². The summed E-state index contributed by atoms with van der Waals surface area (Å²) in [4.78, 5) is 2.50. The maximum atomic E-state index is 10.4. The maximum Gasteiger partial charge on any atom is 0.165 e. The van der Waals surface area contributed by atoms with Crippen LogP contribution in [0.25, 0.3) is 0 Å². The molecule has 2 aromatic rings. The number of unbranched alkanes of at least 4 members (excludes halogenated alkanes) is 1. The first-order valence-corrected chi connectivity index (χ1v) is 13.3. The molecule has 2 rings (SSSR count). The fourth-order valence-corrected chi connectivity index (χ4v) is 4.83. The number of hydrogen-bond donors (Lipinski definition) is 3. The summed E-state index contributed by atoms with van der Waals surface area (Å²) in [6.07, 6.45) is 6.12.